The maximum absolute atomic E-state index is 13.3. The van der Waals surface area contributed by atoms with Crippen molar-refractivity contribution in [3.05, 3.63) is 83.0 Å². The first-order valence-corrected chi connectivity index (χ1v) is 11.7. The summed E-state index contributed by atoms with van der Waals surface area (Å²) in [5.74, 6) is -0.0863. The molecule has 6 nitrogen and oxygen atoms in total. The predicted octanol–water partition coefficient (Wildman–Crippen LogP) is 5.54. The zero-order valence-corrected chi connectivity index (χ0v) is 20.0. The molecule has 34 heavy (non-hydrogen) atoms. The number of benzene rings is 2. The Morgan fingerprint density at radius 3 is 2.59 bits per heavy atom. The van der Waals surface area contributed by atoms with Crippen LogP contribution in [0.1, 0.15) is 48.4 Å². The molecule has 1 aromatic heterocycles. The van der Waals surface area contributed by atoms with E-state index < -0.39 is 0 Å². The van der Waals surface area contributed by atoms with Crippen molar-refractivity contribution in [2.75, 3.05) is 16.8 Å². The van der Waals surface area contributed by atoms with Crippen LogP contribution in [0.3, 0.4) is 0 Å². The number of aliphatic imine (C=N–C) groups is 1. The van der Waals surface area contributed by atoms with Gasteiger partial charge in [-0.3, -0.25) is 14.5 Å². The van der Waals surface area contributed by atoms with Gasteiger partial charge in [-0.15, -0.1) is 0 Å². The molecule has 3 aromatic rings. The van der Waals surface area contributed by atoms with Gasteiger partial charge in [0, 0.05) is 11.9 Å². The molecule has 0 spiro atoms. The highest BCUT2D eigenvalue weighted by atomic mass is 16.2. The molecule has 1 aliphatic rings. The summed E-state index contributed by atoms with van der Waals surface area (Å²) in [5.41, 5.74) is 6.43. The summed E-state index contributed by atoms with van der Waals surface area (Å²) in [4.78, 5) is 36.7. The van der Waals surface area contributed by atoms with Gasteiger partial charge in [0.05, 0.1) is 12.1 Å². The minimum atomic E-state index is -0.277. The Bertz CT molecular complexity index is 1230. The number of carbonyl (C=O) groups is 2. The van der Waals surface area contributed by atoms with E-state index in [-0.39, 0.29) is 24.8 Å². The van der Waals surface area contributed by atoms with E-state index in [4.69, 9.17) is 4.99 Å². The van der Waals surface area contributed by atoms with Crippen LogP contribution in [0.15, 0.2) is 65.8 Å². The Hall–Kier alpha value is -3.80. The molecule has 0 unspecified atom stereocenters. The van der Waals surface area contributed by atoms with Gasteiger partial charge in [-0.1, -0.05) is 37.6 Å². The Balaban J connectivity index is 1.53. The van der Waals surface area contributed by atoms with Gasteiger partial charge in [0.1, 0.15) is 12.2 Å². The van der Waals surface area contributed by atoms with Crippen LogP contribution < -0.4 is 10.2 Å². The van der Waals surface area contributed by atoms with Gasteiger partial charge < -0.3 is 5.32 Å². The molecular formula is C28H30N4O2. The lowest BCUT2D eigenvalue weighted by Crippen LogP contribution is -2.39. The Morgan fingerprint density at radius 2 is 1.85 bits per heavy atom. The SMILES string of the molecule is CCCCc1ccc(NC(=O)CN2C(=O)CC(c3ccc(C)c(C)c3)=Nc3cccnc32)cc1. The molecule has 0 atom stereocenters. The van der Waals surface area contributed by atoms with Crippen LogP contribution in [-0.4, -0.2) is 29.1 Å². The molecule has 0 saturated carbocycles. The second-order valence-electron chi connectivity index (χ2n) is 8.71. The van der Waals surface area contributed by atoms with Crippen LogP contribution in [-0.2, 0) is 16.0 Å². The van der Waals surface area contributed by atoms with Gasteiger partial charge in [-0.2, -0.15) is 0 Å². The third-order valence-electron chi connectivity index (χ3n) is 6.10. The van der Waals surface area contributed by atoms with Crippen molar-refractivity contribution in [1.82, 2.24) is 4.98 Å². The molecule has 0 bridgehead atoms. The maximum atomic E-state index is 13.3. The van der Waals surface area contributed by atoms with E-state index in [1.807, 2.05) is 55.5 Å². The number of aromatic nitrogens is 1. The molecule has 2 heterocycles. The minimum absolute atomic E-state index is 0.0955. The lowest BCUT2D eigenvalue weighted by Gasteiger charge is -2.20. The minimum Gasteiger partial charge on any atom is -0.325 e. The number of anilines is 2. The summed E-state index contributed by atoms with van der Waals surface area (Å²) in [6.07, 6.45) is 5.02. The molecule has 0 aliphatic carbocycles. The van der Waals surface area contributed by atoms with Gasteiger partial charge in [-0.25, -0.2) is 9.98 Å². The molecule has 1 aliphatic heterocycles. The van der Waals surface area contributed by atoms with Crippen LogP contribution in [0.2, 0.25) is 0 Å². The summed E-state index contributed by atoms with van der Waals surface area (Å²) in [7, 11) is 0. The molecule has 2 aromatic carbocycles. The van der Waals surface area contributed by atoms with E-state index in [0.717, 1.165) is 30.4 Å². The normalized spacial score (nSPS) is 13.2. The number of fused-ring (bicyclic) bond motifs is 1. The third-order valence-corrected chi connectivity index (χ3v) is 6.10. The fraction of sp³-hybridized carbons (Fsp3) is 0.286. The number of carbonyl (C=O) groups excluding carboxylic acids is 2. The summed E-state index contributed by atoms with van der Waals surface area (Å²) >= 11 is 0. The quantitative estimate of drug-likeness (QED) is 0.509. The molecule has 0 radical (unpaired) electrons. The first-order valence-electron chi connectivity index (χ1n) is 11.7. The summed E-state index contributed by atoms with van der Waals surface area (Å²) in [5, 5.41) is 2.90. The average Bonchev–Trinajstić information content (AvgIpc) is 2.97. The highest BCUT2D eigenvalue weighted by Crippen LogP contribution is 2.31. The van der Waals surface area contributed by atoms with Crippen molar-refractivity contribution >= 4 is 34.7 Å². The number of hydrogen-bond acceptors (Lipinski definition) is 4. The molecular weight excluding hydrogens is 424 g/mol. The molecule has 0 saturated heterocycles. The lowest BCUT2D eigenvalue weighted by atomic mass is 10.0. The number of rotatable bonds is 7. The fourth-order valence-corrected chi connectivity index (χ4v) is 3.96. The largest absolute Gasteiger partial charge is 0.325 e. The van der Waals surface area contributed by atoms with Crippen LogP contribution >= 0.6 is 0 Å². The second kappa shape index (κ2) is 10.4. The topological polar surface area (TPSA) is 74.7 Å². The standard InChI is InChI=1S/C28H30N4O2/c1-4-5-7-21-10-13-23(14-11-21)30-26(33)18-32-27(34)17-25(22-12-9-19(2)20(3)16-22)31-24-8-6-15-29-28(24)32/h6,8-16H,4-5,7,17-18H2,1-3H3,(H,30,33). The average molecular weight is 455 g/mol. The molecule has 4 rings (SSSR count). The van der Waals surface area contributed by atoms with E-state index >= 15 is 0 Å². The number of unbranched alkanes of at least 4 members (excludes halogenated alkanes) is 1. The summed E-state index contributed by atoms with van der Waals surface area (Å²) in [6, 6.07) is 17.5. The zero-order valence-electron chi connectivity index (χ0n) is 20.0. The Morgan fingerprint density at radius 1 is 1.06 bits per heavy atom. The summed E-state index contributed by atoms with van der Waals surface area (Å²) in [6.45, 7) is 6.13. The Kier molecular flexibility index (Phi) is 7.16. The molecule has 1 N–H and O–H groups in total. The van der Waals surface area contributed by atoms with Crippen LogP contribution in [0.4, 0.5) is 17.2 Å². The molecule has 2 amide bonds. The number of aryl methyl sites for hydroxylation is 3. The van der Waals surface area contributed by atoms with Crippen LogP contribution in [0.25, 0.3) is 0 Å². The highest BCUT2D eigenvalue weighted by molar-refractivity contribution is 6.18. The fourth-order valence-electron chi connectivity index (χ4n) is 3.96. The Labute approximate surface area is 200 Å². The van der Waals surface area contributed by atoms with Crippen molar-refractivity contribution < 1.29 is 9.59 Å². The van der Waals surface area contributed by atoms with E-state index in [9.17, 15) is 9.59 Å². The smallest absolute Gasteiger partial charge is 0.244 e. The first kappa shape index (κ1) is 23.4. The number of pyridine rings is 1. The molecule has 174 valence electrons. The zero-order chi connectivity index (χ0) is 24.1. The molecule has 6 heteroatoms. The van der Waals surface area contributed by atoms with Gasteiger partial charge in [0.25, 0.3) is 0 Å². The number of nitrogens with one attached hydrogen (secondary N) is 1. The van der Waals surface area contributed by atoms with Crippen molar-refractivity contribution in [3.63, 3.8) is 0 Å². The van der Waals surface area contributed by atoms with Crippen LogP contribution in [0, 0.1) is 13.8 Å². The van der Waals surface area contributed by atoms with E-state index in [0.29, 0.717) is 22.9 Å². The van der Waals surface area contributed by atoms with Gasteiger partial charge >= 0.3 is 0 Å². The molecule has 0 fully saturated rings. The maximum Gasteiger partial charge on any atom is 0.244 e. The lowest BCUT2D eigenvalue weighted by molar-refractivity contribution is -0.120. The number of nitrogens with zero attached hydrogens (tertiary/aromatic N) is 3. The van der Waals surface area contributed by atoms with Gasteiger partial charge in [0.15, 0.2) is 5.82 Å². The van der Waals surface area contributed by atoms with Gasteiger partial charge in [0.2, 0.25) is 11.8 Å². The predicted molar refractivity (Wildman–Crippen MR) is 137 cm³/mol. The second-order valence-corrected chi connectivity index (χ2v) is 8.71. The van der Waals surface area contributed by atoms with Crippen LogP contribution in [0.5, 0.6) is 0 Å². The van der Waals surface area contributed by atoms with E-state index in [1.165, 1.54) is 16.0 Å². The monoisotopic (exact) mass is 454 g/mol. The van der Waals surface area contributed by atoms with Crippen molar-refractivity contribution in [1.29, 1.82) is 0 Å². The number of hydrogen-bond donors (Lipinski definition) is 1. The highest BCUT2D eigenvalue weighted by Gasteiger charge is 2.27. The number of amides is 2. The summed E-state index contributed by atoms with van der Waals surface area (Å²) < 4.78 is 0. The van der Waals surface area contributed by atoms with Gasteiger partial charge in [-0.05, 0) is 79.3 Å². The van der Waals surface area contributed by atoms with E-state index in [2.05, 4.69) is 24.1 Å². The van der Waals surface area contributed by atoms with Crippen molar-refractivity contribution in [2.24, 2.45) is 4.99 Å². The first-order chi connectivity index (χ1) is 16.4. The van der Waals surface area contributed by atoms with Crippen molar-refractivity contribution in [2.45, 2.75) is 46.5 Å². The van der Waals surface area contributed by atoms with E-state index in [1.54, 1.807) is 12.3 Å². The van der Waals surface area contributed by atoms with Crippen molar-refractivity contribution in [3.8, 4) is 0 Å². The third kappa shape index (κ3) is 5.39.